The van der Waals surface area contributed by atoms with Crippen LogP contribution in [0.1, 0.15) is 24.4 Å². The lowest BCUT2D eigenvalue weighted by molar-refractivity contribution is 0.166. The monoisotopic (exact) mass is 354 g/mol. The van der Waals surface area contributed by atoms with Crippen LogP contribution in [-0.2, 0) is 0 Å². The highest BCUT2D eigenvalue weighted by Gasteiger charge is 2.23. The molecule has 0 aromatic heterocycles. The Balaban J connectivity index is 0.00000200. The van der Waals surface area contributed by atoms with Crippen LogP contribution >= 0.6 is 36.4 Å². The predicted octanol–water partition coefficient (Wildman–Crippen LogP) is 4.24. The summed E-state index contributed by atoms with van der Waals surface area (Å²) < 4.78 is 13.5. The highest BCUT2D eigenvalue weighted by atomic mass is 35.5. The maximum atomic E-state index is 13.5. The zero-order valence-electron chi connectivity index (χ0n) is 11.9. The molecule has 1 fully saturated rings. The molecule has 1 N–H and O–H groups in total. The van der Waals surface area contributed by atoms with Crippen molar-refractivity contribution >= 4 is 36.4 Å². The minimum absolute atomic E-state index is 0. The molecule has 1 saturated heterocycles. The van der Waals surface area contributed by atoms with E-state index in [-0.39, 0.29) is 36.7 Å². The van der Waals surface area contributed by atoms with E-state index in [9.17, 15) is 4.39 Å². The summed E-state index contributed by atoms with van der Waals surface area (Å²) in [5.41, 5.74) is 0.894. The summed E-state index contributed by atoms with van der Waals surface area (Å²) in [4.78, 5) is 2.38. The van der Waals surface area contributed by atoms with Gasteiger partial charge in [-0.05, 0) is 36.6 Å². The van der Waals surface area contributed by atoms with Gasteiger partial charge in [0, 0.05) is 37.2 Å². The Kier molecular flexibility index (Phi) is 10.3. The molecule has 120 valence electrons. The Bertz CT molecular complexity index is 437. The molecule has 0 radical (unpaired) electrons. The van der Waals surface area contributed by atoms with E-state index in [2.05, 4.69) is 16.8 Å². The molecule has 1 aliphatic rings. The second-order valence-electron chi connectivity index (χ2n) is 4.83. The Morgan fingerprint density at radius 1 is 1.33 bits per heavy atom. The lowest BCUT2D eigenvalue weighted by Gasteiger charge is -2.35. The molecule has 0 saturated carbocycles. The number of allylic oxidation sites excluding steroid dienone is 1. The van der Waals surface area contributed by atoms with Crippen LogP contribution in [-0.4, -0.2) is 31.1 Å². The van der Waals surface area contributed by atoms with Gasteiger partial charge in [-0.2, -0.15) is 0 Å². The number of halogens is 4. The zero-order chi connectivity index (χ0) is 13.7. The van der Waals surface area contributed by atoms with Gasteiger partial charge in [0.15, 0.2) is 0 Å². The summed E-state index contributed by atoms with van der Waals surface area (Å²) in [6.07, 6.45) is 3.73. The van der Waals surface area contributed by atoms with Crippen LogP contribution in [0.2, 0.25) is 5.02 Å². The quantitative estimate of drug-likeness (QED) is 0.795. The van der Waals surface area contributed by atoms with Crippen LogP contribution in [0, 0.1) is 5.82 Å². The average molecular weight is 356 g/mol. The number of nitrogens with zero attached hydrogens (tertiary/aromatic N) is 1. The molecule has 1 aliphatic heterocycles. The van der Waals surface area contributed by atoms with Gasteiger partial charge in [0.2, 0.25) is 0 Å². The molecule has 0 unspecified atom stereocenters. The largest absolute Gasteiger partial charge is 0.314 e. The number of benzene rings is 1. The molecule has 0 amide bonds. The molecular formula is C15H22Cl3FN2. The first kappa shape index (κ1) is 20.7. The van der Waals surface area contributed by atoms with Gasteiger partial charge >= 0.3 is 0 Å². The second-order valence-corrected chi connectivity index (χ2v) is 5.24. The topological polar surface area (TPSA) is 15.3 Å². The SMILES string of the molecule is C=CCC[C@H](c1cc(F)ccc1Cl)N1CCNCC1.Cl.Cl. The number of piperazine rings is 1. The highest BCUT2D eigenvalue weighted by Crippen LogP contribution is 2.32. The van der Waals surface area contributed by atoms with Gasteiger partial charge in [-0.15, -0.1) is 31.4 Å². The minimum atomic E-state index is -0.224. The lowest BCUT2D eigenvalue weighted by atomic mass is 9.99. The molecule has 1 aromatic rings. The first-order valence-electron chi connectivity index (χ1n) is 6.73. The van der Waals surface area contributed by atoms with E-state index in [4.69, 9.17) is 11.6 Å². The first-order chi connectivity index (χ1) is 9.22. The molecule has 0 aliphatic carbocycles. The van der Waals surface area contributed by atoms with Gasteiger partial charge in [-0.25, -0.2) is 4.39 Å². The summed E-state index contributed by atoms with van der Waals surface area (Å²) in [5.74, 6) is -0.224. The Hall–Kier alpha value is -0.320. The predicted molar refractivity (Wildman–Crippen MR) is 92.5 cm³/mol. The summed E-state index contributed by atoms with van der Waals surface area (Å²) in [5, 5.41) is 3.98. The molecule has 0 bridgehead atoms. The molecule has 1 aromatic carbocycles. The van der Waals surface area contributed by atoms with E-state index in [1.807, 2.05) is 6.08 Å². The molecular weight excluding hydrogens is 334 g/mol. The van der Waals surface area contributed by atoms with Crippen molar-refractivity contribution in [1.29, 1.82) is 0 Å². The Labute approximate surface area is 143 Å². The van der Waals surface area contributed by atoms with E-state index in [1.165, 1.54) is 6.07 Å². The van der Waals surface area contributed by atoms with Gasteiger partial charge < -0.3 is 5.32 Å². The third kappa shape index (κ3) is 5.76. The van der Waals surface area contributed by atoms with E-state index in [1.54, 1.807) is 12.1 Å². The third-order valence-electron chi connectivity index (χ3n) is 3.55. The van der Waals surface area contributed by atoms with Crippen molar-refractivity contribution in [3.8, 4) is 0 Å². The van der Waals surface area contributed by atoms with E-state index in [0.29, 0.717) is 5.02 Å². The van der Waals surface area contributed by atoms with Gasteiger partial charge in [0.1, 0.15) is 5.82 Å². The molecule has 1 atom stereocenters. The summed E-state index contributed by atoms with van der Waals surface area (Å²) in [7, 11) is 0. The first-order valence-corrected chi connectivity index (χ1v) is 7.11. The molecule has 6 heteroatoms. The Morgan fingerprint density at radius 3 is 2.62 bits per heavy atom. The highest BCUT2D eigenvalue weighted by molar-refractivity contribution is 6.31. The fraction of sp³-hybridized carbons (Fsp3) is 0.467. The van der Waals surface area contributed by atoms with E-state index in [0.717, 1.165) is 44.6 Å². The number of hydrogen-bond acceptors (Lipinski definition) is 2. The maximum absolute atomic E-state index is 13.5. The summed E-state index contributed by atoms with van der Waals surface area (Å²) in [6, 6.07) is 4.80. The van der Waals surface area contributed by atoms with Gasteiger partial charge in [-0.3, -0.25) is 4.90 Å². The van der Waals surface area contributed by atoms with Crippen molar-refractivity contribution in [1.82, 2.24) is 10.2 Å². The number of hydrogen-bond donors (Lipinski definition) is 1. The van der Waals surface area contributed by atoms with Crippen molar-refractivity contribution < 1.29 is 4.39 Å². The van der Waals surface area contributed by atoms with Gasteiger partial charge in [0.05, 0.1) is 0 Å². The number of nitrogens with one attached hydrogen (secondary N) is 1. The van der Waals surface area contributed by atoms with Crippen LogP contribution in [0.25, 0.3) is 0 Å². The minimum Gasteiger partial charge on any atom is -0.314 e. The summed E-state index contributed by atoms with van der Waals surface area (Å²) in [6.45, 7) is 7.65. The second kappa shape index (κ2) is 10.4. The van der Waals surface area contributed by atoms with Crippen molar-refractivity contribution in [2.45, 2.75) is 18.9 Å². The normalized spacial score (nSPS) is 16.5. The van der Waals surface area contributed by atoms with E-state index >= 15 is 0 Å². The Morgan fingerprint density at radius 2 is 2.00 bits per heavy atom. The molecule has 21 heavy (non-hydrogen) atoms. The van der Waals surface area contributed by atoms with E-state index < -0.39 is 0 Å². The number of rotatable bonds is 5. The van der Waals surface area contributed by atoms with Crippen molar-refractivity contribution in [3.63, 3.8) is 0 Å². The van der Waals surface area contributed by atoms with Crippen LogP contribution in [0.4, 0.5) is 4.39 Å². The van der Waals surface area contributed by atoms with Crippen molar-refractivity contribution in [2.24, 2.45) is 0 Å². The van der Waals surface area contributed by atoms with Crippen LogP contribution in [0.15, 0.2) is 30.9 Å². The smallest absolute Gasteiger partial charge is 0.123 e. The molecule has 2 rings (SSSR count). The lowest BCUT2D eigenvalue weighted by Crippen LogP contribution is -2.45. The standard InChI is InChI=1S/C15H20ClFN2.2ClH/c1-2-3-4-15(19-9-7-18-8-10-19)13-11-12(17)5-6-14(13)16;;/h2,5-6,11,15,18H,1,3-4,7-10H2;2*1H/t15-;;/m1../s1. The average Bonchev–Trinajstić information content (AvgIpc) is 2.44. The molecule has 0 spiro atoms. The van der Waals surface area contributed by atoms with Crippen LogP contribution in [0.3, 0.4) is 0 Å². The third-order valence-corrected chi connectivity index (χ3v) is 3.90. The fourth-order valence-corrected chi connectivity index (χ4v) is 2.82. The maximum Gasteiger partial charge on any atom is 0.123 e. The van der Waals surface area contributed by atoms with Gasteiger partial charge in [-0.1, -0.05) is 17.7 Å². The van der Waals surface area contributed by atoms with Crippen LogP contribution < -0.4 is 5.32 Å². The molecule has 1 heterocycles. The molecule has 2 nitrogen and oxygen atoms in total. The summed E-state index contributed by atoms with van der Waals surface area (Å²) >= 11 is 6.25. The fourth-order valence-electron chi connectivity index (χ4n) is 2.57. The van der Waals surface area contributed by atoms with Crippen molar-refractivity contribution in [2.75, 3.05) is 26.2 Å². The zero-order valence-corrected chi connectivity index (χ0v) is 14.2. The van der Waals surface area contributed by atoms with Gasteiger partial charge in [0.25, 0.3) is 0 Å². The van der Waals surface area contributed by atoms with Crippen LogP contribution in [0.5, 0.6) is 0 Å². The van der Waals surface area contributed by atoms with Crippen molar-refractivity contribution in [3.05, 3.63) is 47.3 Å².